The number of aromatic nitrogens is 1. The van der Waals surface area contributed by atoms with Crippen LogP contribution in [0.15, 0.2) is 46.8 Å². The summed E-state index contributed by atoms with van der Waals surface area (Å²) >= 11 is 6.81. The Bertz CT molecular complexity index is 852. The van der Waals surface area contributed by atoms with Crippen LogP contribution in [0.25, 0.3) is 10.9 Å². The van der Waals surface area contributed by atoms with Gasteiger partial charge in [-0.1, -0.05) is 23.7 Å². The minimum atomic E-state index is -3.52. The number of nitrogens with one attached hydrogen (secondary N) is 2. The predicted octanol–water partition coefficient (Wildman–Crippen LogP) is 3.36. The first kappa shape index (κ1) is 13.6. The lowest BCUT2D eigenvalue weighted by atomic mass is 10.1. The van der Waals surface area contributed by atoms with E-state index in [2.05, 4.69) is 9.71 Å². The summed E-state index contributed by atoms with van der Waals surface area (Å²) in [6.07, 6.45) is 1.84. The molecule has 2 aromatic heterocycles. The van der Waals surface area contributed by atoms with Crippen molar-refractivity contribution in [2.45, 2.75) is 10.8 Å². The Hall–Kier alpha value is -1.34. The first-order valence-electron chi connectivity index (χ1n) is 5.86. The fourth-order valence-corrected chi connectivity index (χ4v) is 4.52. The van der Waals surface area contributed by atoms with E-state index in [1.807, 2.05) is 30.5 Å². The standard InChI is InChI=1S/C13H11ClN2O2S2/c14-12-4-5-13(19-12)20(17,18)16-8-9-2-1-3-11-10(9)6-7-15-11/h1-7,15-16H,8H2. The summed E-state index contributed by atoms with van der Waals surface area (Å²) in [5, 5.41) is 1.01. The van der Waals surface area contributed by atoms with Gasteiger partial charge in [0.25, 0.3) is 0 Å². The first-order valence-corrected chi connectivity index (χ1v) is 8.54. The number of hydrogen-bond acceptors (Lipinski definition) is 3. The molecule has 3 rings (SSSR count). The average Bonchev–Trinajstić information content (AvgIpc) is 3.05. The van der Waals surface area contributed by atoms with E-state index in [1.165, 1.54) is 6.07 Å². The van der Waals surface area contributed by atoms with E-state index in [9.17, 15) is 8.42 Å². The Labute approximate surface area is 125 Å². The zero-order valence-corrected chi connectivity index (χ0v) is 12.6. The number of thiophene rings is 1. The SMILES string of the molecule is O=S(=O)(NCc1cccc2[nH]ccc12)c1ccc(Cl)s1. The fourth-order valence-electron chi connectivity index (χ4n) is 1.99. The third kappa shape index (κ3) is 2.60. The number of halogens is 1. The van der Waals surface area contributed by atoms with E-state index in [0.29, 0.717) is 4.34 Å². The molecule has 0 radical (unpaired) electrons. The Kier molecular flexibility index (Phi) is 3.55. The van der Waals surface area contributed by atoms with Gasteiger partial charge >= 0.3 is 0 Å². The molecule has 0 aliphatic heterocycles. The van der Waals surface area contributed by atoms with Crippen LogP contribution in [0.1, 0.15) is 5.56 Å². The molecule has 0 unspecified atom stereocenters. The summed E-state index contributed by atoms with van der Waals surface area (Å²) in [5.41, 5.74) is 1.91. The molecule has 3 aromatic rings. The van der Waals surface area contributed by atoms with Gasteiger partial charge in [0.1, 0.15) is 4.21 Å². The molecule has 1 aromatic carbocycles. The smallest absolute Gasteiger partial charge is 0.250 e. The van der Waals surface area contributed by atoms with Crippen LogP contribution in [0, 0.1) is 0 Å². The summed E-state index contributed by atoms with van der Waals surface area (Å²) in [6, 6.07) is 10.8. The van der Waals surface area contributed by atoms with Crippen LogP contribution in [-0.2, 0) is 16.6 Å². The van der Waals surface area contributed by atoms with Gasteiger partial charge in [-0.3, -0.25) is 0 Å². The van der Waals surface area contributed by atoms with Crippen molar-refractivity contribution in [2.75, 3.05) is 0 Å². The fraction of sp³-hybridized carbons (Fsp3) is 0.0769. The second-order valence-electron chi connectivity index (χ2n) is 4.24. The van der Waals surface area contributed by atoms with Gasteiger partial charge < -0.3 is 4.98 Å². The van der Waals surface area contributed by atoms with E-state index < -0.39 is 10.0 Å². The first-order chi connectivity index (χ1) is 9.56. The molecule has 7 heteroatoms. The second kappa shape index (κ2) is 5.21. The van der Waals surface area contributed by atoms with Gasteiger partial charge in [-0.25, -0.2) is 13.1 Å². The lowest BCUT2D eigenvalue weighted by Gasteiger charge is -2.06. The predicted molar refractivity (Wildman–Crippen MR) is 81.7 cm³/mol. The highest BCUT2D eigenvalue weighted by Gasteiger charge is 2.16. The van der Waals surface area contributed by atoms with Gasteiger partial charge in [-0.15, -0.1) is 11.3 Å². The zero-order chi connectivity index (χ0) is 14.2. The van der Waals surface area contributed by atoms with Crippen molar-refractivity contribution in [3.63, 3.8) is 0 Å². The molecular weight excluding hydrogens is 316 g/mol. The van der Waals surface area contributed by atoms with Crippen LogP contribution in [-0.4, -0.2) is 13.4 Å². The highest BCUT2D eigenvalue weighted by atomic mass is 35.5. The van der Waals surface area contributed by atoms with E-state index in [0.717, 1.165) is 27.8 Å². The Morgan fingerprint density at radius 1 is 1.20 bits per heavy atom. The van der Waals surface area contributed by atoms with E-state index >= 15 is 0 Å². The molecule has 0 amide bonds. The van der Waals surface area contributed by atoms with Gasteiger partial charge in [-0.2, -0.15) is 0 Å². The Morgan fingerprint density at radius 2 is 2.05 bits per heavy atom. The van der Waals surface area contributed by atoms with E-state index in [-0.39, 0.29) is 10.8 Å². The summed E-state index contributed by atoms with van der Waals surface area (Å²) < 4.78 is 27.5. The zero-order valence-electron chi connectivity index (χ0n) is 10.3. The van der Waals surface area contributed by atoms with Crippen molar-refractivity contribution in [1.82, 2.24) is 9.71 Å². The van der Waals surface area contributed by atoms with Crippen LogP contribution in [0.2, 0.25) is 4.34 Å². The molecule has 0 saturated heterocycles. The maximum atomic E-state index is 12.1. The molecule has 0 bridgehead atoms. The third-order valence-corrected chi connectivity index (χ3v) is 6.08. The summed E-state index contributed by atoms with van der Waals surface area (Å²) in [4.78, 5) is 3.10. The molecule has 20 heavy (non-hydrogen) atoms. The van der Waals surface area contributed by atoms with Crippen molar-refractivity contribution >= 4 is 43.9 Å². The van der Waals surface area contributed by atoms with Gasteiger partial charge in [0.2, 0.25) is 10.0 Å². The van der Waals surface area contributed by atoms with E-state index in [1.54, 1.807) is 6.07 Å². The van der Waals surface area contributed by atoms with Crippen LogP contribution in [0.3, 0.4) is 0 Å². The van der Waals surface area contributed by atoms with Gasteiger partial charge in [0.15, 0.2) is 0 Å². The number of sulfonamides is 1. The van der Waals surface area contributed by atoms with Crippen molar-refractivity contribution in [3.8, 4) is 0 Å². The number of aromatic amines is 1. The van der Waals surface area contributed by atoms with Crippen molar-refractivity contribution in [3.05, 3.63) is 52.5 Å². The number of hydrogen-bond donors (Lipinski definition) is 2. The number of rotatable bonds is 4. The van der Waals surface area contributed by atoms with Gasteiger partial charge in [0, 0.05) is 23.6 Å². The normalized spacial score (nSPS) is 12.1. The second-order valence-corrected chi connectivity index (χ2v) is 7.95. The molecule has 0 spiro atoms. The van der Waals surface area contributed by atoms with E-state index in [4.69, 9.17) is 11.6 Å². The maximum Gasteiger partial charge on any atom is 0.250 e. The lowest BCUT2D eigenvalue weighted by molar-refractivity contribution is 0.583. The number of H-pyrrole nitrogens is 1. The monoisotopic (exact) mass is 326 g/mol. The van der Waals surface area contributed by atoms with Crippen LogP contribution in [0.5, 0.6) is 0 Å². The number of benzene rings is 1. The summed E-state index contributed by atoms with van der Waals surface area (Å²) in [6.45, 7) is 0.243. The lowest BCUT2D eigenvalue weighted by Crippen LogP contribution is -2.22. The van der Waals surface area contributed by atoms with Crippen molar-refractivity contribution < 1.29 is 8.42 Å². The molecular formula is C13H11ClN2O2S2. The van der Waals surface area contributed by atoms with Crippen LogP contribution >= 0.6 is 22.9 Å². The van der Waals surface area contributed by atoms with Crippen LogP contribution in [0.4, 0.5) is 0 Å². The molecule has 104 valence electrons. The third-order valence-electron chi connectivity index (χ3n) is 2.95. The molecule has 2 heterocycles. The summed E-state index contributed by atoms with van der Waals surface area (Å²) in [7, 11) is -3.52. The molecule has 2 N–H and O–H groups in total. The minimum absolute atomic E-state index is 0.226. The average molecular weight is 327 g/mol. The van der Waals surface area contributed by atoms with Crippen molar-refractivity contribution in [1.29, 1.82) is 0 Å². The maximum absolute atomic E-state index is 12.1. The molecule has 4 nitrogen and oxygen atoms in total. The van der Waals surface area contributed by atoms with Crippen molar-refractivity contribution in [2.24, 2.45) is 0 Å². The molecule has 0 atom stereocenters. The highest BCUT2D eigenvalue weighted by molar-refractivity contribution is 7.91. The van der Waals surface area contributed by atoms with Gasteiger partial charge in [0.05, 0.1) is 4.34 Å². The topological polar surface area (TPSA) is 62.0 Å². The van der Waals surface area contributed by atoms with Crippen LogP contribution < -0.4 is 4.72 Å². The quantitative estimate of drug-likeness (QED) is 0.772. The summed E-state index contributed by atoms with van der Waals surface area (Å²) in [5.74, 6) is 0. The molecule has 0 aliphatic rings. The number of fused-ring (bicyclic) bond motifs is 1. The van der Waals surface area contributed by atoms with Gasteiger partial charge in [-0.05, 0) is 29.8 Å². The largest absolute Gasteiger partial charge is 0.361 e. The molecule has 0 saturated carbocycles. The molecule has 0 fully saturated rings. The highest BCUT2D eigenvalue weighted by Crippen LogP contribution is 2.25. The Balaban J connectivity index is 1.84. The molecule has 0 aliphatic carbocycles. The Morgan fingerprint density at radius 3 is 2.80 bits per heavy atom. The minimum Gasteiger partial charge on any atom is -0.361 e.